The maximum atomic E-state index is 13.2. The van der Waals surface area contributed by atoms with E-state index in [9.17, 15) is 17.6 Å². The number of nitrogens with two attached hydrogens (primary N) is 1. The molecular weight excluding hydrogens is 274 g/mol. The number of hydrogen-bond donors (Lipinski definition) is 1. The molecule has 3 nitrogen and oxygen atoms in total. The smallest absolute Gasteiger partial charge is 0.382 e. The van der Waals surface area contributed by atoms with Gasteiger partial charge >= 0.3 is 6.18 Å². The summed E-state index contributed by atoms with van der Waals surface area (Å²) in [6, 6.07) is 3.88. The molecule has 0 spiro atoms. The fraction of sp³-hybridized carbons (Fsp3) is 0.100. The van der Waals surface area contributed by atoms with E-state index in [1.807, 2.05) is 0 Å². The molecule has 0 radical (unpaired) electrons. The molecule has 0 aliphatic heterocycles. The van der Waals surface area contributed by atoms with Crippen LogP contribution in [-0.4, -0.2) is 9.78 Å². The van der Waals surface area contributed by atoms with E-state index in [0.29, 0.717) is 10.7 Å². The number of nitrogen functional groups attached to an aromatic ring is 1. The minimum Gasteiger partial charge on any atom is -0.382 e. The number of hydrogen-bond acceptors (Lipinski definition) is 2. The largest absolute Gasteiger partial charge is 0.433 e. The monoisotopic (exact) mass is 279 g/mol. The van der Waals surface area contributed by atoms with Crippen molar-refractivity contribution in [2.75, 3.05) is 5.73 Å². The Labute approximate surface area is 104 Å². The van der Waals surface area contributed by atoms with Crippen LogP contribution >= 0.6 is 11.6 Å². The summed E-state index contributed by atoms with van der Waals surface area (Å²) in [5.74, 6) is -1.14. The molecule has 0 saturated heterocycles. The second kappa shape index (κ2) is 4.16. The standard InChI is InChI=1S/C10H6ClF4N3/c11-6-2-1-5(3-7(6)12)18-8(10(13,14)15)4-9(16)17-18/h1-4H,(H2,16,17). The Morgan fingerprint density at radius 2 is 1.89 bits per heavy atom. The fourth-order valence-electron chi connectivity index (χ4n) is 1.41. The van der Waals surface area contributed by atoms with E-state index in [-0.39, 0.29) is 16.5 Å². The van der Waals surface area contributed by atoms with Gasteiger partial charge in [0.2, 0.25) is 0 Å². The number of rotatable bonds is 1. The maximum Gasteiger partial charge on any atom is 0.433 e. The highest BCUT2D eigenvalue weighted by molar-refractivity contribution is 6.30. The Morgan fingerprint density at radius 3 is 2.44 bits per heavy atom. The first-order valence-electron chi connectivity index (χ1n) is 4.67. The van der Waals surface area contributed by atoms with E-state index in [0.717, 1.165) is 12.1 Å². The Kier molecular flexibility index (Phi) is 2.94. The lowest BCUT2D eigenvalue weighted by Crippen LogP contribution is -2.13. The SMILES string of the molecule is Nc1cc(C(F)(F)F)n(-c2ccc(Cl)c(F)c2)n1. The highest BCUT2D eigenvalue weighted by atomic mass is 35.5. The summed E-state index contributed by atoms with van der Waals surface area (Å²) in [4.78, 5) is 0. The van der Waals surface area contributed by atoms with Crippen molar-refractivity contribution in [2.45, 2.75) is 6.18 Å². The average Bonchev–Trinajstić information content (AvgIpc) is 2.64. The van der Waals surface area contributed by atoms with Gasteiger partial charge in [0, 0.05) is 12.1 Å². The minimum atomic E-state index is -4.64. The third-order valence-electron chi connectivity index (χ3n) is 2.17. The van der Waals surface area contributed by atoms with E-state index in [2.05, 4.69) is 5.10 Å². The van der Waals surface area contributed by atoms with Gasteiger partial charge in [-0.25, -0.2) is 9.07 Å². The van der Waals surface area contributed by atoms with Crippen molar-refractivity contribution in [1.82, 2.24) is 9.78 Å². The van der Waals surface area contributed by atoms with E-state index < -0.39 is 17.7 Å². The number of halogens is 5. The van der Waals surface area contributed by atoms with Crippen LogP contribution in [0.2, 0.25) is 5.02 Å². The van der Waals surface area contributed by atoms with Crippen molar-refractivity contribution in [3.8, 4) is 5.69 Å². The fourth-order valence-corrected chi connectivity index (χ4v) is 1.53. The second-order valence-electron chi connectivity index (χ2n) is 3.46. The summed E-state index contributed by atoms with van der Waals surface area (Å²) in [6.45, 7) is 0. The Bertz CT molecular complexity index is 591. The van der Waals surface area contributed by atoms with E-state index in [4.69, 9.17) is 17.3 Å². The summed E-state index contributed by atoms with van der Waals surface area (Å²) < 4.78 is 51.8. The predicted octanol–water partition coefficient (Wildman–Crippen LogP) is 3.27. The van der Waals surface area contributed by atoms with Crippen molar-refractivity contribution in [3.63, 3.8) is 0 Å². The van der Waals surface area contributed by atoms with Crippen LogP contribution in [0.1, 0.15) is 5.69 Å². The lowest BCUT2D eigenvalue weighted by Gasteiger charge is -2.10. The molecule has 2 N–H and O–H groups in total. The van der Waals surface area contributed by atoms with Crippen molar-refractivity contribution >= 4 is 17.4 Å². The second-order valence-corrected chi connectivity index (χ2v) is 3.87. The molecule has 8 heteroatoms. The highest BCUT2D eigenvalue weighted by Gasteiger charge is 2.36. The zero-order valence-electron chi connectivity index (χ0n) is 8.67. The summed E-state index contributed by atoms with van der Waals surface area (Å²) in [6.07, 6.45) is -4.64. The van der Waals surface area contributed by atoms with E-state index in [1.54, 1.807) is 0 Å². The lowest BCUT2D eigenvalue weighted by atomic mass is 10.3. The Morgan fingerprint density at radius 1 is 1.22 bits per heavy atom. The molecule has 0 bridgehead atoms. The minimum absolute atomic E-state index is 0.110. The molecule has 0 unspecified atom stereocenters. The Hall–Kier alpha value is -1.76. The molecule has 2 aromatic rings. The molecule has 0 atom stereocenters. The van der Waals surface area contributed by atoms with Crippen LogP contribution in [0.3, 0.4) is 0 Å². The molecule has 1 aromatic heterocycles. The number of nitrogens with zero attached hydrogens (tertiary/aromatic N) is 2. The average molecular weight is 280 g/mol. The van der Waals surface area contributed by atoms with Gasteiger partial charge in [-0.3, -0.25) is 0 Å². The van der Waals surface area contributed by atoms with Gasteiger partial charge in [-0.2, -0.15) is 18.3 Å². The molecule has 0 aliphatic rings. The van der Waals surface area contributed by atoms with Gasteiger partial charge in [0.1, 0.15) is 17.3 Å². The van der Waals surface area contributed by atoms with Gasteiger partial charge in [0.25, 0.3) is 0 Å². The van der Waals surface area contributed by atoms with Crippen molar-refractivity contribution in [1.29, 1.82) is 0 Å². The van der Waals surface area contributed by atoms with Crippen LogP contribution in [0, 0.1) is 5.82 Å². The maximum absolute atomic E-state index is 13.2. The third-order valence-corrected chi connectivity index (χ3v) is 2.47. The lowest BCUT2D eigenvalue weighted by molar-refractivity contribution is -0.142. The number of aromatic nitrogens is 2. The van der Waals surface area contributed by atoms with Crippen molar-refractivity contribution in [3.05, 3.63) is 40.8 Å². The van der Waals surface area contributed by atoms with Crippen LogP contribution in [0.5, 0.6) is 0 Å². The molecule has 1 heterocycles. The molecule has 1 aromatic carbocycles. The molecule has 0 amide bonds. The van der Waals surface area contributed by atoms with E-state index in [1.165, 1.54) is 6.07 Å². The summed E-state index contributed by atoms with van der Waals surface area (Å²) >= 11 is 5.45. The van der Waals surface area contributed by atoms with Crippen LogP contribution in [0.25, 0.3) is 5.69 Å². The molecule has 18 heavy (non-hydrogen) atoms. The normalized spacial score (nSPS) is 11.8. The summed E-state index contributed by atoms with van der Waals surface area (Å²) in [7, 11) is 0. The van der Waals surface area contributed by atoms with Gasteiger partial charge < -0.3 is 5.73 Å². The van der Waals surface area contributed by atoms with Crippen LogP contribution in [-0.2, 0) is 6.18 Å². The molecule has 96 valence electrons. The highest BCUT2D eigenvalue weighted by Crippen LogP contribution is 2.32. The van der Waals surface area contributed by atoms with Gasteiger partial charge in [-0.05, 0) is 12.1 Å². The van der Waals surface area contributed by atoms with Crippen LogP contribution < -0.4 is 5.73 Å². The van der Waals surface area contributed by atoms with Gasteiger partial charge in [-0.15, -0.1) is 0 Å². The summed E-state index contributed by atoms with van der Waals surface area (Å²) in [5, 5.41) is 3.30. The zero-order valence-corrected chi connectivity index (χ0v) is 9.43. The Balaban J connectivity index is 2.60. The first-order valence-corrected chi connectivity index (χ1v) is 5.05. The first-order chi connectivity index (χ1) is 8.29. The molecule has 2 rings (SSSR count). The number of anilines is 1. The van der Waals surface area contributed by atoms with E-state index >= 15 is 0 Å². The molecular formula is C10H6ClF4N3. The molecule has 0 saturated carbocycles. The first kappa shape index (κ1) is 12.7. The zero-order chi connectivity index (χ0) is 13.5. The van der Waals surface area contributed by atoms with Gasteiger partial charge in [-0.1, -0.05) is 11.6 Å². The van der Waals surface area contributed by atoms with Crippen molar-refractivity contribution < 1.29 is 17.6 Å². The number of alkyl halides is 3. The third kappa shape index (κ3) is 2.26. The van der Waals surface area contributed by atoms with Gasteiger partial charge in [0.05, 0.1) is 10.7 Å². The number of benzene rings is 1. The summed E-state index contributed by atoms with van der Waals surface area (Å²) in [5.41, 5.74) is 4.04. The topological polar surface area (TPSA) is 43.8 Å². The predicted molar refractivity (Wildman–Crippen MR) is 57.9 cm³/mol. The molecule has 0 fully saturated rings. The molecule has 0 aliphatic carbocycles. The quantitative estimate of drug-likeness (QED) is 0.814. The van der Waals surface area contributed by atoms with Gasteiger partial charge in [0.15, 0.2) is 0 Å². The van der Waals surface area contributed by atoms with Crippen molar-refractivity contribution in [2.24, 2.45) is 0 Å². The van der Waals surface area contributed by atoms with Crippen LogP contribution in [0.15, 0.2) is 24.3 Å². The van der Waals surface area contributed by atoms with Crippen LogP contribution in [0.4, 0.5) is 23.4 Å².